The molecule has 0 atom stereocenters. The summed E-state index contributed by atoms with van der Waals surface area (Å²) >= 11 is -0.0331. The molecule has 0 aromatic rings. The van der Waals surface area contributed by atoms with E-state index >= 15 is 0 Å². The molecule has 0 saturated carbocycles. The van der Waals surface area contributed by atoms with Gasteiger partial charge >= 0.3 is 86.6 Å². The fraction of sp³-hybridized carbons (Fsp3) is 1.00. The summed E-state index contributed by atoms with van der Waals surface area (Å²) in [6.07, 6.45) is 11.4. The molecule has 0 aliphatic heterocycles. The van der Waals surface area contributed by atoms with Crippen molar-refractivity contribution in [1.82, 2.24) is 0 Å². The van der Waals surface area contributed by atoms with Crippen molar-refractivity contribution < 1.29 is 19.4 Å². The molecule has 2 N–H and O–H groups in total. The van der Waals surface area contributed by atoms with Crippen LogP contribution in [-0.4, -0.2) is 0 Å². The van der Waals surface area contributed by atoms with Gasteiger partial charge in [0.15, 0.2) is 0 Å². The molecule has 0 saturated heterocycles. The van der Waals surface area contributed by atoms with Crippen LogP contribution in [0.5, 0.6) is 0 Å². The number of unbranched alkanes of at least 4 members (excludes halogenated alkanes) is 7. The van der Waals surface area contributed by atoms with Gasteiger partial charge in [0, 0.05) is 0 Å². The zero-order valence-electron chi connectivity index (χ0n) is 8.44. The first-order valence-corrected chi connectivity index (χ1v) is 7.36. The standard InChI is InChI=1S/C10H21.H2N.Ti/c1-3-5-7-9-10-8-6-4-2;;/h1,3-10H2,2H3;1H2;/q;-1;+1. The van der Waals surface area contributed by atoms with Gasteiger partial charge in [-0.15, -0.1) is 0 Å². The molecule has 0 aromatic heterocycles. The van der Waals surface area contributed by atoms with Crippen molar-refractivity contribution in [1.29, 1.82) is 0 Å². The first-order valence-electron chi connectivity index (χ1n) is 5.35. The molecule has 0 radical (unpaired) electrons. The van der Waals surface area contributed by atoms with Crippen molar-refractivity contribution in [2.24, 2.45) is 4.22 Å². The van der Waals surface area contributed by atoms with Crippen molar-refractivity contribution >= 4 is 0 Å². The summed E-state index contributed by atoms with van der Waals surface area (Å²) in [5.41, 5.74) is 0. The minimum absolute atomic E-state index is 0.0331. The molecule has 0 aliphatic carbocycles. The number of hydrogen-bond acceptors (Lipinski definition) is 1. The fourth-order valence-corrected chi connectivity index (χ4v) is 2.07. The van der Waals surface area contributed by atoms with Crippen molar-refractivity contribution in [3.63, 3.8) is 0 Å². The van der Waals surface area contributed by atoms with Gasteiger partial charge in [-0.3, -0.25) is 0 Å². The van der Waals surface area contributed by atoms with Gasteiger partial charge in [-0.2, -0.15) is 0 Å². The van der Waals surface area contributed by atoms with Gasteiger partial charge in [-0.05, 0) is 0 Å². The number of hydrogen-bond donors (Lipinski definition) is 1. The zero-order chi connectivity index (χ0) is 9.07. The van der Waals surface area contributed by atoms with Gasteiger partial charge in [0.05, 0.1) is 0 Å². The van der Waals surface area contributed by atoms with Gasteiger partial charge < -0.3 is 0 Å². The van der Waals surface area contributed by atoms with Gasteiger partial charge in [-0.25, -0.2) is 0 Å². The molecule has 0 fully saturated rings. The van der Waals surface area contributed by atoms with E-state index in [0.29, 0.717) is 0 Å². The molecule has 2 heteroatoms. The summed E-state index contributed by atoms with van der Waals surface area (Å²) in [6.45, 7) is 2.27. The number of rotatable bonds is 9. The second-order valence-corrected chi connectivity index (χ2v) is 4.85. The zero-order valence-corrected chi connectivity index (χ0v) is 10.0. The molecule has 0 unspecified atom stereocenters. The van der Waals surface area contributed by atoms with E-state index in [9.17, 15) is 0 Å². The molecule has 0 aliphatic rings. The van der Waals surface area contributed by atoms with Crippen LogP contribution in [0.2, 0.25) is 4.73 Å². The summed E-state index contributed by atoms with van der Waals surface area (Å²) in [7, 11) is 0. The Morgan fingerprint density at radius 3 is 1.83 bits per heavy atom. The van der Waals surface area contributed by atoms with Crippen LogP contribution >= 0.6 is 0 Å². The van der Waals surface area contributed by atoms with E-state index in [2.05, 4.69) is 6.92 Å². The monoisotopic (exact) mass is 205 g/mol. The Morgan fingerprint density at radius 2 is 1.33 bits per heavy atom. The molecule has 1 nitrogen and oxygen atoms in total. The average molecular weight is 205 g/mol. The SMILES string of the molecule is CCCCCCCCC[CH2][Ti][NH2]. The third-order valence-corrected chi connectivity index (χ3v) is 3.18. The van der Waals surface area contributed by atoms with Crippen molar-refractivity contribution in [3.8, 4) is 0 Å². The second-order valence-electron chi connectivity index (χ2n) is 3.43. The Labute approximate surface area is 86.7 Å². The molecule has 0 rings (SSSR count). The Kier molecular flexibility index (Phi) is 12.3. The predicted octanol–water partition coefficient (Wildman–Crippen LogP) is 3.50. The van der Waals surface area contributed by atoms with Crippen molar-refractivity contribution in [2.45, 2.75) is 63.0 Å². The molecule has 72 valence electrons. The summed E-state index contributed by atoms with van der Waals surface area (Å²) in [4.78, 5) is 0. The van der Waals surface area contributed by atoms with E-state index in [1.807, 2.05) is 0 Å². The Bertz CT molecular complexity index is 66.2. The first kappa shape index (κ1) is 12.7. The predicted molar refractivity (Wildman–Crippen MR) is 51.6 cm³/mol. The Balaban J connectivity index is 2.73. The number of nitrogens with two attached hydrogens (primary N) is 1. The normalized spacial score (nSPS) is 10.2. The van der Waals surface area contributed by atoms with E-state index in [1.54, 1.807) is 0 Å². The van der Waals surface area contributed by atoms with Crippen LogP contribution in [0.4, 0.5) is 0 Å². The third-order valence-electron chi connectivity index (χ3n) is 2.17. The van der Waals surface area contributed by atoms with E-state index in [1.165, 1.54) is 56.1 Å². The molecular formula is C10H23NTi. The minimum atomic E-state index is -0.0331. The second kappa shape index (κ2) is 11.7. The van der Waals surface area contributed by atoms with Crippen LogP contribution in [0.1, 0.15) is 58.3 Å². The summed E-state index contributed by atoms with van der Waals surface area (Å²) in [6, 6.07) is 0. The Hall–Kier alpha value is 0.674. The fourth-order valence-electron chi connectivity index (χ4n) is 1.36. The van der Waals surface area contributed by atoms with Gasteiger partial charge in [0.25, 0.3) is 0 Å². The third kappa shape index (κ3) is 10.7. The maximum absolute atomic E-state index is 5.53. The van der Waals surface area contributed by atoms with Gasteiger partial charge in [0.1, 0.15) is 0 Å². The van der Waals surface area contributed by atoms with Gasteiger partial charge in [-0.1, -0.05) is 0 Å². The van der Waals surface area contributed by atoms with Crippen LogP contribution in [0.3, 0.4) is 0 Å². The van der Waals surface area contributed by atoms with Crippen LogP contribution < -0.4 is 4.22 Å². The first-order chi connectivity index (χ1) is 5.91. The van der Waals surface area contributed by atoms with Crippen LogP contribution in [0, 0.1) is 0 Å². The summed E-state index contributed by atoms with van der Waals surface area (Å²) in [5, 5.41) is 0. The van der Waals surface area contributed by atoms with E-state index < -0.39 is 0 Å². The van der Waals surface area contributed by atoms with Crippen LogP contribution in [-0.2, 0) is 19.4 Å². The van der Waals surface area contributed by atoms with Crippen molar-refractivity contribution in [3.05, 3.63) is 0 Å². The van der Waals surface area contributed by atoms with E-state index in [0.717, 1.165) is 0 Å². The molecule has 12 heavy (non-hydrogen) atoms. The summed E-state index contributed by atoms with van der Waals surface area (Å²) in [5.74, 6) is 0. The Morgan fingerprint density at radius 1 is 0.833 bits per heavy atom. The molecule has 0 aromatic carbocycles. The molecule has 0 amide bonds. The summed E-state index contributed by atoms with van der Waals surface area (Å²) < 4.78 is 6.88. The van der Waals surface area contributed by atoms with E-state index in [4.69, 9.17) is 4.22 Å². The molecule has 0 spiro atoms. The van der Waals surface area contributed by atoms with Crippen LogP contribution in [0.25, 0.3) is 0 Å². The molecular weight excluding hydrogens is 182 g/mol. The van der Waals surface area contributed by atoms with Gasteiger partial charge in [0.2, 0.25) is 0 Å². The average Bonchev–Trinajstić information content (AvgIpc) is 2.10. The topological polar surface area (TPSA) is 26.0 Å². The quantitative estimate of drug-likeness (QED) is 0.452. The van der Waals surface area contributed by atoms with E-state index in [-0.39, 0.29) is 19.4 Å². The maximum atomic E-state index is 5.53. The molecule has 0 heterocycles. The van der Waals surface area contributed by atoms with Crippen molar-refractivity contribution in [2.75, 3.05) is 0 Å². The molecule has 0 bridgehead atoms. The van der Waals surface area contributed by atoms with Crippen LogP contribution in [0.15, 0.2) is 0 Å².